The third-order valence-corrected chi connectivity index (χ3v) is 2.93. The van der Waals surface area contributed by atoms with Gasteiger partial charge in [-0.1, -0.05) is 26.0 Å². The zero-order valence-corrected chi connectivity index (χ0v) is 9.21. The van der Waals surface area contributed by atoms with Crippen LogP contribution in [0.25, 0.3) is 0 Å². The van der Waals surface area contributed by atoms with Crippen molar-refractivity contribution in [3.63, 3.8) is 0 Å². The van der Waals surface area contributed by atoms with E-state index in [1.807, 2.05) is 24.3 Å². The Hall–Kier alpha value is -1.02. The highest BCUT2D eigenvalue weighted by atomic mass is 16.5. The van der Waals surface area contributed by atoms with Crippen LogP contribution in [0.4, 0.5) is 0 Å². The first-order chi connectivity index (χ1) is 6.66. The lowest BCUT2D eigenvalue weighted by molar-refractivity contribution is 0.404. The third-order valence-electron chi connectivity index (χ3n) is 2.93. The topological polar surface area (TPSA) is 35.2 Å². The number of nitrogens with two attached hydrogens (primary N) is 1. The zero-order chi connectivity index (χ0) is 10.6. The molecule has 0 amide bonds. The molecular formula is C12H19NO. The number of benzene rings is 1. The predicted octanol–water partition coefficient (Wildman–Crippen LogP) is 2.67. The summed E-state index contributed by atoms with van der Waals surface area (Å²) in [5.74, 6) is 0.878. The number of ether oxygens (including phenoxy) is 1. The van der Waals surface area contributed by atoms with Crippen LogP contribution in [0, 0.1) is 0 Å². The summed E-state index contributed by atoms with van der Waals surface area (Å²) in [7, 11) is 1.67. The largest absolute Gasteiger partial charge is 0.497 e. The highest BCUT2D eigenvalue weighted by molar-refractivity contribution is 5.31. The van der Waals surface area contributed by atoms with Gasteiger partial charge in [0, 0.05) is 5.54 Å². The second-order valence-electron chi connectivity index (χ2n) is 3.59. The molecule has 0 radical (unpaired) electrons. The van der Waals surface area contributed by atoms with Gasteiger partial charge in [-0.05, 0) is 30.5 Å². The molecule has 14 heavy (non-hydrogen) atoms. The van der Waals surface area contributed by atoms with Crippen molar-refractivity contribution in [2.45, 2.75) is 32.2 Å². The molecule has 0 saturated carbocycles. The zero-order valence-electron chi connectivity index (χ0n) is 9.21. The average Bonchev–Trinajstić information content (AvgIpc) is 2.28. The van der Waals surface area contributed by atoms with E-state index in [9.17, 15) is 0 Å². The van der Waals surface area contributed by atoms with Crippen LogP contribution in [0.3, 0.4) is 0 Å². The maximum Gasteiger partial charge on any atom is 0.118 e. The Bertz CT molecular complexity index is 275. The minimum atomic E-state index is -0.188. The van der Waals surface area contributed by atoms with Gasteiger partial charge in [0.25, 0.3) is 0 Å². The summed E-state index contributed by atoms with van der Waals surface area (Å²) in [5.41, 5.74) is 7.26. The third kappa shape index (κ3) is 2.07. The van der Waals surface area contributed by atoms with Crippen LogP contribution in [0.1, 0.15) is 32.3 Å². The van der Waals surface area contributed by atoms with E-state index in [0.717, 1.165) is 18.6 Å². The van der Waals surface area contributed by atoms with Crippen molar-refractivity contribution in [1.29, 1.82) is 0 Å². The molecule has 0 fully saturated rings. The predicted molar refractivity (Wildman–Crippen MR) is 59.4 cm³/mol. The molecule has 2 heteroatoms. The maximum absolute atomic E-state index is 6.27. The molecule has 1 rings (SSSR count). The van der Waals surface area contributed by atoms with E-state index in [1.54, 1.807) is 7.11 Å². The Kier molecular flexibility index (Phi) is 3.53. The standard InChI is InChI=1S/C12H19NO/c1-4-12(13,5-2)10-6-8-11(14-3)9-7-10/h6-9H,4-5,13H2,1-3H3. The van der Waals surface area contributed by atoms with Crippen molar-refractivity contribution in [2.24, 2.45) is 5.73 Å². The van der Waals surface area contributed by atoms with Crippen LogP contribution in [0.2, 0.25) is 0 Å². The molecule has 0 spiro atoms. The summed E-state index contributed by atoms with van der Waals surface area (Å²) in [6.07, 6.45) is 1.91. The molecule has 0 heterocycles. The van der Waals surface area contributed by atoms with E-state index >= 15 is 0 Å². The van der Waals surface area contributed by atoms with Crippen LogP contribution in [0.5, 0.6) is 5.75 Å². The molecule has 0 atom stereocenters. The minimum absolute atomic E-state index is 0.188. The van der Waals surface area contributed by atoms with E-state index < -0.39 is 0 Å². The molecule has 0 aromatic heterocycles. The van der Waals surface area contributed by atoms with Gasteiger partial charge >= 0.3 is 0 Å². The van der Waals surface area contributed by atoms with Gasteiger partial charge < -0.3 is 10.5 Å². The fourth-order valence-electron chi connectivity index (χ4n) is 1.58. The summed E-state index contributed by atoms with van der Waals surface area (Å²) < 4.78 is 5.11. The lowest BCUT2D eigenvalue weighted by Crippen LogP contribution is -2.34. The van der Waals surface area contributed by atoms with Gasteiger partial charge in [0.2, 0.25) is 0 Å². The molecular weight excluding hydrogens is 174 g/mol. The molecule has 1 aromatic rings. The van der Waals surface area contributed by atoms with Crippen LogP contribution < -0.4 is 10.5 Å². The molecule has 78 valence electrons. The van der Waals surface area contributed by atoms with Crippen LogP contribution in [-0.4, -0.2) is 7.11 Å². The molecule has 0 saturated heterocycles. The number of hydrogen-bond acceptors (Lipinski definition) is 2. The molecule has 1 aromatic carbocycles. The van der Waals surface area contributed by atoms with Crippen molar-refractivity contribution < 1.29 is 4.74 Å². The number of methoxy groups -OCH3 is 1. The van der Waals surface area contributed by atoms with Gasteiger partial charge in [0.15, 0.2) is 0 Å². The summed E-state index contributed by atoms with van der Waals surface area (Å²) in [4.78, 5) is 0. The fourth-order valence-corrected chi connectivity index (χ4v) is 1.58. The number of hydrogen-bond donors (Lipinski definition) is 1. The van der Waals surface area contributed by atoms with Crippen molar-refractivity contribution >= 4 is 0 Å². The Morgan fingerprint density at radius 1 is 1.14 bits per heavy atom. The lowest BCUT2D eigenvalue weighted by atomic mass is 9.86. The van der Waals surface area contributed by atoms with Crippen molar-refractivity contribution in [2.75, 3.05) is 7.11 Å². The smallest absolute Gasteiger partial charge is 0.118 e. The second kappa shape index (κ2) is 4.47. The van der Waals surface area contributed by atoms with E-state index in [1.165, 1.54) is 5.56 Å². The molecule has 0 aliphatic rings. The lowest BCUT2D eigenvalue weighted by Gasteiger charge is -2.27. The normalized spacial score (nSPS) is 11.4. The Morgan fingerprint density at radius 2 is 1.64 bits per heavy atom. The molecule has 2 nitrogen and oxygen atoms in total. The van der Waals surface area contributed by atoms with Crippen molar-refractivity contribution in [3.05, 3.63) is 29.8 Å². The van der Waals surface area contributed by atoms with Gasteiger partial charge in [-0.15, -0.1) is 0 Å². The van der Waals surface area contributed by atoms with Gasteiger partial charge in [-0.2, -0.15) is 0 Å². The average molecular weight is 193 g/mol. The number of rotatable bonds is 4. The van der Waals surface area contributed by atoms with Crippen LogP contribution in [-0.2, 0) is 5.54 Å². The first-order valence-corrected chi connectivity index (χ1v) is 5.09. The Labute approximate surface area is 86.1 Å². The summed E-state index contributed by atoms with van der Waals surface area (Å²) in [6, 6.07) is 8.02. The van der Waals surface area contributed by atoms with Crippen molar-refractivity contribution in [1.82, 2.24) is 0 Å². The quantitative estimate of drug-likeness (QED) is 0.798. The molecule has 0 bridgehead atoms. The second-order valence-corrected chi connectivity index (χ2v) is 3.59. The molecule has 2 N–H and O–H groups in total. The molecule has 0 aliphatic heterocycles. The first kappa shape index (κ1) is 11.1. The highest BCUT2D eigenvalue weighted by Gasteiger charge is 2.22. The Morgan fingerprint density at radius 3 is 2.00 bits per heavy atom. The van der Waals surface area contributed by atoms with Gasteiger partial charge in [-0.3, -0.25) is 0 Å². The monoisotopic (exact) mass is 193 g/mol. The van der Waals surface area contributed by atoms with E-state index in [2.05, 4.69) is 13.8 Å². The van der Waals surface area contributed by atoms with E-state index in [4.69, 9.17) is 10.5 Å². The van der Waals surface area contributed by atoms with Gasteiger partial charge in [-0.25, -0.2) is 0 Å². The van der Waals surface area contributed by atoms with E-state index in [-0.39, 0.29) is 5.54 Å². The maximum atomic E-state index is 6.27. The Balaban J connectivity index is 2.95. The first-order valence-electron chi connectivity index (χ1n) is 5.09. The van der Waals surface area contributed by atoms with Crippen LogP contribution >= 0.6 is 0 Å². The highest BCUT2D eigenvalue weighted by Crippen LogP contribution is 2.26. The summed E-state index contributed by atoms with van der Waals surface area (Å²) in [5, 5.41) is 0. The summed E-state index contributed by atoms with van der Waals surface area (Å²) >= 11 is 0. The van der Waals surface area contributed by atoms with Gasteiger partial charge in [0.05, 0.1) is 7.11 Å². The SMILES string of the molecule is CCC(N)(CC)c1ccc(OC)cc1. The minimum Gasteiger partial charge on any atom is -0.497 e. The summed E-state index contributed by atoms with van der Waals surface area (Å²) in [6.45, 7) is 4.24. The van der Waals surface area contributed by atoms with Crippen molar-refractivity contribution in [3.8, 4) is 5.75 Å². The van der Waals surface area contributed by atoms with Gasteiger partial charge in [0.1, 0.15) is 5.75 Å². The van der Waals surface area contributed by atoms with E-state index in [0.29, 0.717) is 0 Å². The van der Waals surface area contributed by atoms with Crippen LogP contribution in [0.15, 0.2) is 24.3 Å². The molecule has 0 aliphatic carbocycles. The molecule has 0 unspecified atom stereocenters. The fraction of sp³-hybridized carbons (Fsp3) is 0.500.